The quantitative estimate of drug-likeness (QED) is 0.622. The molecule has 0 N–H and O–H groups in total. The summed E-state index contributed by atoms with van der Waals surface area (Å²) in [5.74, 6) is 0. The smallest absolute Gasteiger partial charge is 0.102 e. The van der Waals surface area contributed by atoms with Crippen LogP contribution in [0.3, 0.4) is 0 Å². The zero-order chi connectivity index (χ0) is 9.47. The second kappa shape index (κ2) is 3.25. The highest BCUT2D eigenvalue weighted by Gasteiger charge is 2.57. The Morgan fingerprint density at radius 2 is 2.23 bits per heavy atom. The van der Waals surface area contributed by atoms with E-state index in [0.29, 0.717) is 17.7 Å². The number of hydrogen-bond donors (Lipinski definition) is 0. The van der Waals surface area contributed by atoms with E-state index < -0.39 is 0 Å². The van der Waals surface area contributed by atoms with E-state index in [4.69, 9.17) is 4.74 Å². The lowest BCUT2D eigenvalue weighted by atomic mass is 9.77. The molecule has 3 atom stereocenters. The van der Waals surface area contributed by atoms with Gasteiger partial charge in [-0.15, -0.1) is 0 Å². The molecule has 1 aliphatic heterocycles. The monoisotopic (exact) mass is 183 g/mol. The lowest BCUT2D eigenvalue weighted by molar-refractivity contribution is 0.0836. The molecular weight excluding hydrogens is 162 g/mol. The lowest BCUT2D eigenvalue weighted by Gasteiger charge is -2.41. The van der Waals surface area contributed by atoms with Crippen LogP contribution in [0.5, 0.6) is 0 Å². The fourth-order valence-electron chi connectivity index (χ4n) is 2.99. The van der Waals surface area contributed by atoms with Crippen molar-refractivity contribution < 1.29 is 4.74 Å². The first-order chi connectivity index (χ1) is 6.20. The molecule has 1 saturated carbocycles. The van der Waals surface area contributed by atoms with Crippen molar-refractivity contribution in [3.63, 3.8) is 0 Å². The zero-order valence-electron chi connectivity index (χ0n) is 9.05. The Labute approximate surface area is 81.3 Å². The van der Waals surface area contributed by atoms with Crippen LogP contribution in [0.15, 0.2) is 0 Å². The summed E-state index contributed by atoms with van der Waals surface area (Å²) in [7, 11) is 4.42. The minimum atomic E-state index is 0.373. The average Bonchev–Trinajstić information content (AvgIpc) is 2.84. The van der Waals surface area contributed by atoms with Crippen molar-refractivity contribution >= 4 is 0 Å². The van der Waals surface area contributed by atoms with Crippen molar-refractivity contribution in [2.24, 2.45) is 0 Å². The summed E-state index contributed by atoms with van der Waals surface area (Å²) in [6.45, 7) is 2.28. The van der Waals surface area contributed by atoms with E-state index in [1.807, 2.05) is 0 Å². The van der Waals surface area contributed by atoms with Gasteiger partial charge in [-0.1, -0.05) is 13.3 Å². The molecule has 0 aromatic rings. The van der Waals surface area contributed by atoms with Gasteiger partial charge in [0.2, 0.25) is 0 Å². The lowest BCUT2D eigenvalue weighted by Crippen LogP contribution is -2.51. The molecule has 0 spiro atoms. The zero-order valence-corrected chi connectivity index (χ0v) is 9.05. The number of nitrogens with zero attached hydrogens (tertiary/aromatic N) is 1. The molecule has 0 radical (unpaired) electrons. The Morgan fingerprint density at radius 3 is 2.85 bits per heavy atom. The van der Waals surface area contributed by atoms with Crippen LogP contribution < -0.4 is 0 Å². The Morgan fingerprint density at radius 1 is 1.46 bits per heavy atom. The number of likely N-dealkylation sites (N-methyl/N-ethyl adjacent to an activating group) is 1. The second-order valence-corrected chi connectivity index (χ2v) is 4.74. The molecule has 76 valence electrons. The summed E-state index contributed by atoms with van der Waals surface area (Å²) in [6.07, 6.45) is 7.68. The molecule has 0 amide bonds. The van der Waals surface area contributed by atoms with Gasteiger partial charge in [-0.05, 0) is 39.8 Å². The van der Waals surface area contributed by atoms with Crippen LogP contribution in [0.2, 0.25) is 0 Å². The third-order valence-electron chi connectivity index (χ3n) is 3.78. The molecule has 13 heavy (non-hydrogen) atoms. The van der Waals surface area contributed by atoms with E-state index in [1.54, 1.807) is 0 Å². The third-order valence-corrected chi connectivity index (χ3v) is 3.78. The molecule has 2 heteroatoms. The Balaban J connectivity index is 2.11. The Hall–Kier alpha value is -0.0800. The normalized spacial score (nSPS) is 43.4. The Bertz CT molecular complexity index is 189. The number of hydrogen-bond acceptors (Lipinski definition) is 2. The van der Waals surface area contributed by atoms with Crippen LogP contribution in [0.1, 0.15) is 39.0 Å². The fourth-order valence-corrected chi connectivity index (χ4v) is 2.99. The number of fused-ring (bicyclic) bond motifs is 1. The molecule has 0 bridgehead atoms. The van der Waals surface area contributed by atoms with E-state index in [2.05, 4.69) is 25.9 Å². The highest BCUT2D eigenvalue weighted by atomic mass is 16.6. The average molecular weight is 183 g/mol. The summed E-state index contributed by atoms with van der Waals surface area (Å²) in [6, 6.07) is 0. The summed E-state index contributed by atoms with van der Waals surface area (Å²) >= 11 is 0. The minimum Gasteiger partial charge on any atom is -0.368 e. The van der Waals surface area contributed by atoms with Crippen LogP contribution >= 0.6 is 0 Å². The van der Waals surface area contributed by atoms with Crippen LogP contribution in [0, 0.1) is 0 Å². The van der Waals surface area contributed by atoms with Gasteiger partial charge in [0, 0.05) is 5.54 Å². The van der Waals surface area contributed by atoms with Gasteiger partial charge in [0.25, 0.3) is 0 Å². The standard InChI is InChI=1S/C11H21NO/c1-4-7-11(12(2)3)8-5-6-9-10(11)13-9/h9-10H,4-8H2,1-3H3. The largest absolute Gasteiger partial charge is 0.368 e. The first-order valence-corrected chi connectivity index (χ1v) is 5.53. The van der Waals surface area contributed by atoms with Gasteiger partial charge in [-0.2, -0.15) is 0 Å². The molecule has 1 saturated heterocycles. The molecule has 2 fully saturated rings. The van der Waals surface area contributed by atoms with Crippen molar-refractivity contribution in [2.45, 2.75) is 56.8 Å². The van der Waals surface area contributed by atoms with Crippen molar-refractivity contribution in [3.8, 4) is 0 Å². The number of ether oxygens (including phenoxy) is 1. The summed E-state index contributed by atoms with van der Waals surface area (Å²) in [4.78, 5) is 2.40. The van der Waals surface area contributed by atoms with Gasteiger partial charge >= 0.3 is 0 Å². The molecule has 3 unspecified atom stereocenters. The molecule has 1 heterocycles. The molecule has 2 rings (SSSR count). The van der Waals surface area contributed by atoms with Crippen LogP contribution in [0.25, 0.3) is 0 Å². The highest BCUT2D eigenvalue weighted by Crippen LogP contribution is 2.47. The van der Waals surface area contributed by atoms with E-state index in [9.17, 15) is 0 Å². The van der Waals surface area contributed by atoms with Gasteiger partial charge in [-0.3, -0.25) is 0 Å². The van der Waals surface area contributed by atoms with Crippen molar-refractivity contribution in [2.75, 3.05) is 14.1 Å². The number of epoxide rings is 1. The molecule has 1 aliphatic carbocycles. The van der Waals surface area contributed by atoms with Crippen LogP contribution in [-0.2, 0) is 4.74 Å². The molecule has 2 nitrogen and oxygen atoms in total. The maximum atomic E-state index is 5.77. The topological polar surface area (TPSA) is 15.8 Å². The third kappa shape index (κ3) is 1.40. The van der Waals surface area contributed by atoms with Crippen LogP contribution in [0.4, 0.5) is 0 Å². The second-order valence-electron chi connectivity index (χ2n) is 4.74. The van der Waals surface area contributed by atoms with Gasteiger partial charge in [0.1, 0.15) is 6.10 Å². The first kappa shape index (κ1) is 9.47. The van der Waals surface area contributed by atoms with E-state index in [0.717, 1.165) is 0 Å². The summed E-state index contributed by atoms with van der Waals surface area (Å²) in [5.41, 5.74) is 0.373. The highest BCUT2D eigenvalue weighted by molar-refractivity contribution is 5.09. The van der Waals surface area contributed by atoms with E-state index >= 15 is 0 Å². The Kier molecular flexibility index (Phi) is 2.37. The van der Waals surface area contributed by atoms with Crippen LogP contribution in [-0.4, -0.2) is 36.7 Å². The summed E-state index contributed by atoms with van der Waals surface area (Å²) in [5, 5.41) is 0. The van der Waals surface area contributed by atoms with Gasteiger partial charge in [0.05, 0.1) is 6.10 Å². The predicted molar refractivity (Wildman–Crippen MR) is 53.8 cm³/mol. The summed E-state index contributed by atoms with van der Waals surface area (Å²) < 4.78 is 5.77. The van der Waals surface area contributed by atoms with Crippen molar-refractivity contribution in [1.29, 1.82) is 0 Å². The van der Waals surface area contributed by atoms with Crippen molar-refractivity contribution in [3.05, 3.63) is 0 Å². The fraction of sp³-hybridized carbons (Fsp3) is 1.00. The SMILES string of the molecule is CCCC1(N(C)C)CCCC2OC21. The minimum absolute atomic E-state index is 0.373. The first-order valence-electron chi connectivity index (χ1n) is 5.53. The van der Waals surface area contributed by atoms with Gasteiger partial charge in [0.15, 0.2) is 0 Å². The molecular formula is C11H21NO. The van der Waals surface area contributed by atoms with E-state index in [1.165, 1.54) is 32.1 Å². The van der Waals surface area contributed by atoms with E-state index in [-0.39, 0.29) is 0 Å². The van der Waals surface area contributed by atoms with Gasteiger partial charge in [-0.25, -0.2) is 0 Å². The maximum absolute atomic E-state index is 5.77. The van der Waals surface area contributed by atoms with Gasteiger partial charge < -0.3 is 9.64 Å². The molecule has 0 aromatic heterocycles. The molecule has 2 aliphatic rings. The number of rotatable bonds is 3. The van der Waals surface area contributed by atoms with Crippen molar-refractivity contribution in [1.82, 2.24) is 4.90 Å². The predicted octanol–water partition coefficient (Wildman–Crippen LogP) is 2.04. The maximum Gasteiger partial charge on any atom is 0.102 e. The molecule has 0 aromatic carbocycles.